The van der Waals surface area contributed by atoms with Gasteiger partial charge in [0.2, 0.25) is 0 Å². The molecule has 2 heteroatoms. The molecule has 0 fully saturated rings. The van der Waals surface area contributed by atoms with E-state index in [-0.39, 0.29) is 17.1 Å². The van der Waals surface area contributed by atoms with E-state index >= 15 is 0 Å². The van der Waals surface area contributed by atoms with Gasteiger partial charge in [-0.05, 0) is 6.20 Å². The molecule has 0 aliphatic carbocycles. The molecule has 0 spiro atoms. The minimum absolute atomic E-state index is 0. The average Bonchev–Trinajstić information content (AvgIpc) is 2.19. The Balaban J connectivity index is 0. The van der Waals surface area contributed by atoms with E-state index in [1.54, 1.807) is 13.1 Å². The first-order valence-corrected chi connectivity index (χ1v) is 4.16. The summed E-state index contributed by atoms with van der Waals surface area (Å²) in [6.07, 6.45) is 7.76. The number of hydrogen-bond donors (Lipinski definition) is 0. The molecule has 0 saturated heterocycles. The second-order valence-corrected chi connectivity index (χ2v) is 2.13. The van der Waals surface area contributed by atoms with Gasteiger partial charge in [-0.2, -0.15) is 31.4 Å². The molecule has 13 heavy (non-hydrogen) atoms. The Morgan fingerprint density at radius 3 is 2.62 bits per heavy atom. The van der Waals surface area contributed by atoms with Crippen LogP contribution in [0.4, 0.5) is 0 Å². The van der Waals surface area contributed by atoms with Crippen molar-refractivity contribution in [3.05, 3.63) is 50.4 Å². The van der Waals surface area contributed by atoms with Gasteiger partial charge < -0.3 is 18.8 Å². The fourth-order valence-electron chi connectivity index (χ4n) is 0.765. The summed E-state index contributed by atoms with van der Waals surface area (Å²) in [6, 6.07) is 3.98. The number of hydrogen-bond acceptors (Lipinski definition) is 1. The van der Waals surface area contributed by atoms with E-state index in [2.05, 4.69) is 25.3 Å². The molecular formula is C11H16MnN. The van der Waals surface area contributed by atoms with Crippen LogP contribution in [0.5, 0.6) is 0 Å². The molecule has 0 aliphatic heterocycles. The van der Waals surface area contributed by atoms with Crippen LogP contribution >= 0.6 is 0 Å². The predicted octanol–water partition coefficient (Wildman–Crippen LogP) is 3.09. The van der Waals surface area contributed by atoms with Crippen molar-refractivity contribution in [2.75, 3.05) is 0 Å². The molecule has 0 aromatic carbocycles. The van der Waals surface area contributed by atoms with Gasteiger partial charge in [0.15, 0.2) is 0 Å². The van der Waals surface area contributed by atoms with Crippen molar-refractivity contribution in [3.63, 3.8) is 0 Å². The van der Waals surface area contributed by atoms with Gasteiger partial charge in [0.1, 0.15) is 0 Å². The maximum absolute atomic E-state index is 3.99. The molecule has 0 bridgehead atoms. The molecule has 0 amide bonds. The zero-order chi connectivity index (χ0) is 9.23. The molecule has 1 aromatic rings. The smallest absolute Gasteiger partial charge is 0.346 e. The van der Waals surface area contributed by atoms with Gasteiger partial charge in [-0.1, -0.05) is 6.20 Å². The SMILES string of the molecule is [CH2-]C.[CH2-]CC[CH-]c1cccnc1.[Mn+3]. The topological polar surface area (TPSA) is 12.9 Å². The van der Waals surface area contributed by atoms with E-state index in [0.717, 1.165) is 12.8 Å². The van der Waals surface area contributed by atoms with Gasteiger partial charge in [0.05, 0.1) is 0 Å². The molecule has 0 unspecified atom stereocenters. The van der Waals surface area contributed by atoms with Crippen molar-refractivity contribution in [1.82, 2.24) is 4.98 Å². The third kappa shape index (κ3) is 7.89. The molecule has 1 nitrogen and oxygen atoms in total. The Labute approximate surface area is 92.4 Å². The molecule has 1 heterocycles. The minimum Gasteiger partial charge on any atom is -0.346 e. The Kier molecular flexibility index (Phi) is 13.3. The Morgan fingerprint density at radius 1 is 1.46 bits per heavy atom. The molecule has 72 valence electrons. The van der Waals surface area contributed by atoms with Crippen molar-refractivity contribution in [1.29, 1.82) is 0 Å². The van der Waals surface area contributed by atoms with E-state index in [9.17, 15) is 0 Å². The second-order valence-electron chi connectivity index (χ2n) is 2.13. The molecule has 0 radical (unpaired) electrons. The Bertz CT molecular complexity index is 175. The van der Waals surface area contributed by atoms with Crippen LogP contribution in [0.15, 0.2) is 24.5 Å². The summed E-state index contributed by atoms with van der Waals surface area (Å²) in [5, 5.41) is 0. The zero-order valence-corrected chi connectivity index (χ0v) is 9.22. The van der Waals surface area contributed by atoms with Crippen LogP contribution in [0.25, 0.3) is 0 Å². The maximum Gasteiger partial charge on any atom is 3.00 e. The average molecular weight is 217 g/mol. The summed E-state index contributed by atoms with van der Waals surface area (Å²) >= 11 is 0. The van der Waals surface area contributed by atoms with Crippen LogP contribution in [0, 0.1) is 20.3 Å². The van der Waals surface area contributed by atoms with Crippen molar-refractivity contribution in [3.8, 4) is 0 Å². The predicted molar refractivity (Wildman–Crippen MR) is 53.3 cm³/mol. The van der Waals surface area contributed by atoms with Gasteiger partial charge >= 0.3 is 17.1 Å². The van der Waals surface area contributed by atoms with Crippen molar-refractivity contribution in [2.45, 2.75) is 19.8 Å². The number of pyridine rings is 1. The third-order valence-electron chi connectivity index (χ3n) is 1.27. The number of nitrogens with zero attached hydrogens (tertiary/aromatic N) is 1. The summed E-state index contributed by atoms with van der Waals surface area (Å²) in [5.74, 6) is 0. The molecule has 1 aromatic heterocycles. The number of unbranched alkanes of at least 4 members (excludes halogenated alkanes) is 1. The largest absolute Gasteiger partial charge is 3.00 e. The molecule has 0 aliphatic rings. The Hall–Kier alpha value is -0.461. The quantitative estimate of drug-likeness (QED) is 0.560. The number of aromatic nitrogens is 1. The summed E-state index contributed by atoms with van der Waals surface area (Å²) in [4.78, 5) is 3.99. The van der Waals surface area contributed by atoms with Crippen molar-refractivity contribution < 1.29 is 17.1 Å². The molecule has 1 rings (SSSR count). The normalized spacial score (nSPS) is 7.62. The monoisotopic (exact) mass is 217 g/mol. The molecule has 0 atom stereocenters. The van der Waals surface area contributed by atoms with Gasteiger partial charge in [-0.25, -0.2) is 0 Å². The van der Waals surface area contributed by atoms with E-state index < -0.39 is 0 Å². The second kappa shape index (κ2) is 11.5. The summed E-state index contributed by atoms with van der Waals surface area (Å²) in [5.41, 5.74) is 1.19. The fraction of sp³-hybridized carbons (Fsp3) is 0.273. The molecule has 0 saturated carbocycles. The van der Waals surface area contributed by atoms with Crippen LogP contribution in [0.1, 0.15) is 25.3 Å². The summed E-state index contributed by atoms with van der Waals surface area (Å²) in [7, 11) is 0. The van der Waals surface area contributed by atoms with Crippen LogP contribution in [-0.4, -0.2) is 4.98 Å². The van der Waals surface area contributed by atoms with Crippen LogP contribution in [0.3, 0.4) is 0 Å². The Morgan fingerprint density at radius 2 is 2.15 bits per heavy atom. The number of rotatable bonds is 3. The fourth-order valence-corrected chi connectivity index (χ4v) is 0.765. The van der Waals surface area contributed by atoms with Gasteiger partial charge in [-0.15, -0.1) is 12.5 Å². The van der Waals surface area contributed by atoms with Gasteiger partial charge in [0, 0.05) is 0 Å². The van der Waals surface area contributed by atoms with Gasteiger partial charge in [0.25, 0.3) is 0 Å². The first-order valence-electron chi connectivity index (χ1n) is 4.16. The van der Waals surface area contributed by atoms with Crippen LogP contribution in [0.2, 0.25) is 0 Å². The molecule has 0 N–H and O–H groups in total. The zero-order valence-electron chi connectivity index (χ0n) is 8.04. The van der Waals surface area contributed by atoms with Crippen molar-refractivity contribution in [2.24, 2.45) is 0 Å². The van der Waals surface area contributed by atoms with E-state index in [0.29, 0.717) is 0 Å². The summed E-state index contributed by atoms with van der Waals surface area (Å²) in [6.45, 7) is 8.75. The third-order valence-corrected chi connectivity index (χ3v) is 1.27. The van der Waals surface area contributed by atoms with Gasteiger partial charge in [-0.3, -0.25) is 0 Å². The van der Waals surface area contributed by atoms with E-state index in [1.165, 1.54) is 5.56 Å². The van der Waals surface area contributed by atoms with E-state index in [4.69, 9.17) is 0 Å². The first-order chi connectivity index (χ1) is 5.93. The standard InChI is InChI=1S/C9H11N.C2H5.Mn/c1-2-3-5-9-6-4-7-10-8-9;1-2;/h4-8H,1-3H2;1H2,2H3;/q-2;-1;+3. The van der Waals surface area contributed by atoms with Crippen molar-refractivity contribution >= 4 is 0 Å². The van der Waals surface area contributed by atoms with E-state index in [1.807, 2.05) is 18.3 Å². The summed E-state index contributed by atoms with van der Waals surface area (Å²) < 4.78 is 0. The van der Waals surface area contributed by atoms with Crippen LogP contribution in [-0.2, 0) is 17.1 Å². The minimum atomic E-state index is 0. The first kappa shape index (κ1) is 15.0. The van der Waals surface area contributed by atoms with Crippen LogP contribution < -0.4 is 0 Å². The molecular weight excluding hydrogens is 201 g/mol. The maximum atomic E-state index is 3.99.